The number of anilines is 1. The third-order valence-corrected chi connectivity index (χ3v) is 4.70. The van der Waals surface area contributed by atoms with Crippen molar-refractivity contribution in [3.63, 3.8) is 0 Å². The van der Waals surface area contributed by atoms with Gasteiger partial charge in [-0.15, -0.1) is 0 Å². The van der Waals surface area contributed by atoms with Gasteiger partial charge in [-0.1, -0.05) is 23.7 Å². The normalized spacial score (nSPS) is 16.0. The molecule has 3 amide bonds. The van der Waals surface area contributed by atoms with Crippen LogP contribution in [0.4, 0.5) is 5.69 Å². The topological polar surface area (TPSA) is 87.7 Å². The molecule has 7 nitrogen and oxygen atoms in total. The van der Waals surface area contributed by atoms with E-state index in [1.165, 1.54) is 0 Å². The number of halogens is 1. The fourth-order valence-corrected chi connectivity index (χ4v) is 3.18. The number of carbonyl (C=O) groups is 3. The van der Waals surface area contributed by atoms with E-state index in [2.05, 4.69) is 10.9 Å². The highest BCUT2D eigenvalue weighted by Crippen LogP contribution is 2.27. The van der Waals surface area contributed by atoms with Crippen molar-refractivity contribution in [3.05, 3.63) is 59.1 Å². The molecule has 1 aliphatic rings. The van der Waals surface area contributed by atoms with Crippen LogP contribution < -0.4 is 20.5 Å². The van der Waals surface area contributed by atoms with Crippen molar-refractivity contribution in [1.29, 1.82) is 0 Å². The van der Waals surface area contributed by atoms with Crippen LogP contribution in [-0.4, -0.2) is 30.9 Å². The summed E-state index contributed by atoms with van der Waals surface area (Å²) >= 11 is 5.96. The Morgan fingerprint density at radius 3 is 2.54 bits per heavy atom. The van der Waals surface area contributed by atoms with Gasteiger partial charge >= 0.3 is 0 Å². The maximum absolute atomic E-state index is 12.4. The summed E-state index contributed by atoms with van der Waals surface area (Å²) in [5.41, 5.74) is 5.66. The summed E-state index contributed by atoms with van der Waals surface area (Å²) in [6.45, 7) is 2.69. The van der Waals surface area contributed by atoms with E-state index in [1.807, 2.05) is 6.92 Å². The van der Waals surface area contributed by atoms with E-state index in [9.17, 15) is 14.4 Å². The van der Waals surface area contributed by atoms with Gasteiger partial charge in [0.1, 0.15) is 5.75 Å². The van der Waals surface area contributed by atoms with E-state index in [-0.39, 0.29) is 29.5 Å². The second-order valence-corrected chi connectivity index (χ2v) is 6.66. The third kappa shape index (κ3) is 4.43. The highest BCUT2D eigenvalue weighted by Gasteiger charge is 2.35. The van der Waals surface area contributed by atoms with Gasteiger partial charge in [-0.25, -0.2) is 0 Å². The Morgan fingerprint density at radius 1 is 1.14 bits per heavy atom. The minimum Gasteiger partial charge on any atom is -0.494 e. The molecule has 2 N–H and O–H groups in total. The summed E-state index contributed by atoms with van der Waals surface area (Å²) < 4.78 is 5.39. The molecule has 0 unspecified atom stereocenters. The number of nitrogens with zero attached hydrogens (tertiary/aromatic N) is 1. The molecule has 8 heteroatoms. The van der Waals surface area contributed by atoms with Gasteiger partial charge in [-0.2, -0.15) is 0 Å². The number of nitrogens with one attached hydrogen (secondary N) is 2. The second kappa shape index (κ2) is 8.75. The number of hydrogen-bond donors (Lipinski definition) is 2. The van der Waals surface area contributed by atoms with E-state index in [0.717, 1.165) is 5.75 Å². The summed E-state index contributed by atoms with van der Waals surface area (Å²) in [6, 6.07) is 13.6. The zero-order valence-corrected chi connectivity index (χ0v) is 16.0. The Balaban J connectivity index is 1.57. The SMILES string of the molecule is CCOc1ccc(N2C[C@H](C(=O)NNC(=O)c3ccccc3Cl)CC2=O)cc1. The maximum atomic E-state index is 12.4. The van der Waals surface area contributed by atoms with Crippen LogP contribution in [0.1, 0.15) is 23.7 Å². The summed E-state index contributed by atoms with van der Waals surface area (Å²) in [7, 11) is 0. The third-order valence-electron chi connectivity index (χ3n) is 4.37. The van der Waals surface area contributed by atoms with Gasteiger partial charge < -0.3 is 9.64 Å². The quantitative estimate of drug-likeness (QED) is 0.754. The minimum absolute atomic E-state index is 0.0704. The second-order valence-electron chi connectivity index (χ2n) is 6.26. The van der Waals surface area contributed by atoms with Crippen LogP contribution in [0.15, 0.2) is 48.5 Å². The molecule has 0 bridgehead atoms. The Labute approximate surface area is 167 Å². The molecule has 2 aromatic rings. The fraction of sp³-hybridized carbons (Fsp3) is 0.250. The lowest BCUT2D eigenvalue weighted by Gasteiger charge is -2.17. The van der Waals surface area contributed by atoms with Crippen molar-refractivity contribution in [2.45, 2.75) is 13.3 Å². The van der Waals surface area contributed by atoms with Crippen LogP contribution in [-0.2, 0) is 9.59 Å². The molecule has 146 valence electrons. The highest BCUT2D eigenvalue weighted by atomic mass is 35.5. The Morgan fingerprint density at radius 2 is 1.86 bits per heavy atom. The monoisotopic (exact) mass is 401 g/mol. The molecule has 3 rings (SSSR count). The first-order chi connectivity index (χ1) is 13.5. The van der Waals surface area contributed by atoms with Gasteiger partial charge in [0.15, 0.2) is 0 Å². The lowest BCUT2D eigenvalue weighted by atomic mass is 10.1. The van der Waals surface area contributed by atoms with Crippen molar-refractivity contribution in [1.82, 2.24) is 10.9 Å². The van der Waals surface area contributed by atoms with Crippen molar-refractivity contribution >= 4 is 35.0 Å². The molecule has 0 aliphatic carbocycles. The first kappa shape index (κ1) is 19.7. The van der Waals surface area contributed by atoms with E-state index in [0.29, 0.717) is 12.3 Å². The molecule has 1 atom stereocenters. The standard InChI is InChI=1S/C20H20ClN3O4/c1-2-28-15-9-7-14(8-10-15)24-12-13(11-18(24)25)19(26)22-23-20(27)16-5-3-4-6-17(16)21/h3-10,13H,2,11-12H2,1H3,(H,22,26)(H,23,27)/t13-/m1/s1. The lowest BCUT2D eigenvalue weighted by Crippen LogP contribution is -2.45. The van der Waals surface area contributed by atoms with Gasteiger partial charge in [-0.05, 0) is 43.3 Å². The summed E-state index contributed by atoms with van der Waals surface area (Å²) in [6.07, 6.45) is 0.0704. The Bertz CT molecular complexity index is 885. The molecule has 28 heavy (non-hydrogen) atoms. The molecule has 0 saturated carbocycles. The van der Waals surface area contributed by atoms with Crippen LogP contribution in [0, 0.1) is 5.92 Å². The Kier molecular flexibility index (Phi) is 6.16. The van der Waals surface area contributed by atoms with E-state index < -0.39 is 17.7 Å². The number of hydrazine groups is 1. The van der Waals surface area contributed by atoms with Gasteiger partial charge in [0.25, 0.3) is 5.91 Å². The number of hydrogen-bond acceptors (Lipinski definition) is 4. The van der Waals surface area contributed by atoms with Crippen LogP contribution in [0.5, 0.6) is 5.75 Å². The van der Waals surface area contributed by atoms with Crippen LogP contribution in [0.25, 0.3) is 0 Å². The molecule has 1 fully saturated rings. The zero-order chi connectivity index (χ0) is 20.1. The van der Waals surface area contributed by atoms with Crippen LogP contribution >= 0.6 is 11.6 Å². The van der Waals surface area contributed by atoms with E-state index >= 15 is 0 Å². The number of rotatable bonds is 5. The maximum Gasteiger partial charge on any atom is 0.271 e. The predicted octanol–water partition coefficient (Wildman–Crippen LogP) is 2.55. The number of ether oxygens (including phenoxy) is 1. The average Bonchev–Trinajstić information content (AvgIpc) is 3.09. The molecular weight excluding hydrogens is 382 g/mol. The minimum atomic E-state index is -0.564. The summed E-state index contributed by atoms with van der Waals surface area (Å²) in [5, 5.41) is 0.284. The molecule has 0 radical (unpaired) electrons. The number of benzene rings is 2. The number of amides is 3. The van der Waals surface area contributed by atoms with Crippen LogP contribution in [0.2, 0.25) is 5.02 Å². The van der Waals surface area contributed by atoms with Gasteiger partial charge in [0.2, 0.25) is 11.8 Å². The fourth-order valence-electron chi connectivity index (χ4n) is 2.95. The van der Waals surface area contributed by atoms with E-state index in [1.54, 1.807) is 53.4 Å². The molecule has 2 aromatic carbocycles. The van der Waals surface area contributed by atoms with Crippen molar-refractivity contribution in [2.24, 2.45) is 5.92 Å². The highest BCUT2D eigenvalue weighted by molar-refractivity contribution is 6.33. The predicted molar refractivity (Wildman–Crippen MR) is 105 cm³/mol. The van der Waals surface area contributed by atoms with Gasteiger partial charge in [0, 0.05) is 18.7 Å². The number of carbonyl (C=O) groups excluding carboxylic acids is 3. The summed E-state index contributed by atoms with van der Waals surface area (Å²) in [5.74, 6) is -0.948. The lowest BCUT2D eigenvalue weighted by molar-refractivity contribution is -0.126. The molecule has 1 heterocycles. The van der Waals surface area contributed by atoms with Crippen molar-refractivity contribution < 1.29 is 19.1 Å². The first-order valence-corrected chi connectivity index (χ1v) is 9.25. The zero-order valence-electron chi connectivity index (χ0n) is 15.3. The molecular formula is C20H20ClN3O4. The van der Waals surface area contributed by atoms with Gasteiger partial charge in [0.05, 0.1) is 23.1 Å². The van der Waals surface area contributed by atoms with E-state index in [4.69, 9.17) is 16.3 Å². The smallest absolute Gasteiger partial charge is 0.271 e. The average molecular weight is 402 g/mol. The molecule has 0 aromatic heterocycles. The summed E-state index contributed by atoms with van der Waals surface area (Å²) in [4.78, 5) is 38.4. The van der Waals surface area contributed by atoms with Crippen molar-refractivity contribution in [3.8, 4) is 5.75 Å². The first-order valence-electron chi connectivity index (χ1n) is 8.87. The largest absolute Gasteiger partial charge is 0.494 e. The Hall–Kier alpha value is -3.06. The molecule has 1 saturated heterocycles. The van der Waals surface area contributed by atoms with Gasteiger partial charge in [-0.3, -0.25) is 25.2 Å². The van der Waals surface area contributed by atoms with Crippen molar-refractivity contribution in [2.75, 3.05) is 18.1 Å². The van der Waals surface area contributed by atoms with Crippen LogP contribution in [0.3, 0.4) is 0 Å². The molecule has 0 spiro atoms. The molecule has 1 aliphatic heterocycles.